The average molecular weight is 276 g/mol. The van der Waals surface area contributed by atoms with Crippen molar-refractivity contribution in [3.63, 3.8) is 0 Å². The van der Waals surface area contributed by atoms with E-state index in [1.165, 1.54) is 0 Å². The highest BCUT2D eigenvalue weighted by Gasteiger charge is 2.30. The molecule has 1 aromatic carbocycles. The molecule has 1 heterocycles. The Morgan fingerprint density at radius 2 is 2.10 bits per heavy atom. The molecule has 20 heavy (non-hydrogen) atoms. The number of carbonyl (C=O) groups is 1. The van der Waals surface area contributed by atoms with E-state index in [1.54, 1.807) is 11.8 Å². The number of amides is 1. The number of nitrogens with two attached hydrogens (primary N) is 1. The van der Waals surface area contributed by atoms with Gasteiger partial charge in [-0.15, -0.1) is 0 Å². The predicted molar refractivity (Wildman–Crippen MR) is 80.9 cm³/mol. The molecule has 2 unspecified atom stereocenters. The Morgan fingerprint density at radius 3 is 2.70 bits per heavy atom. The minimum absolute atomic E-state index is 0.00606. The molecule has 0 saturated heterocycles. The first-order valence-corrected chi connectivity index (χ1v) is 7.31. The van der Waals surface area contributed by atoms with Crippen molar-refractivity contribution in [2.75, 3.05) is 11.4 Å². The molecule has 110 valence electrons. The van der Waals surface area contributed by atoms with E-state index in [2.05, 4.69) is 13.8 Å². The van der Waals surface area contributed by atoms with Crippen molar-refractivity contribution in [2.45, 2.75) is 46.3 Å². The maximum atomic E-state index is 12.1. The maximum Gasteiger partial charge on any atom is 0.267 e. The van der Waals surface area contributed by atoms with Crippen LogP contribution in [0.2, 0.25) is 0 Å². The molecule has 4 nitrogen and oxygen atoms in total. The van der Waals surface area contributed by atoms with Crippen molar-refractivity contribution in [2.24, 2.45) is 11.7 Å². The zero-order valence-electron chi connectivity index (χ0n) is 12.7. The molecule has 0 aromatic heterocycles. The van der Waals surface area contributed by atoms with Crippen molar-refractivity contribution in [3.8, 4) is 5.75 Å². The van der Waals surface area contributed by atoms with E-state index in [4.69, 9.17) is 10.5 Å². The molecule has 0 aliphatic carbocycles. The number of likely N-dealkylation sites (N-methyl/N-ethyl adjacent to an activating group) is 1. The standard InChI is InChI=1S/C16H24N2O2/c1-5-18-14-9-12(13(17)8-10(2)3)6-7-15(14)20-11(4)16(18)19/h6-7,9-11,13H,5,8,17H2,1-4H3. The predicted octanol–water partition coefficient (Wildman–Crippen LogP) is 2.87. The summed E-state index contributed by atoms with van der Waals surface area (Å²) in [6.07, 6.45) is 0.508. The van der Waals surface area contributed by atoms with Crippen LogP contribution < -0.4 is 15.4 Å². The minimum atomic E-state index is -0.419. The normalized spacial score (nSPS) is 19.8. The third-order valence-electron chi connectivity index (χ3n) is 3.66. The van der Waals surface area contributed by atoms with Gasteiger partial charge in [-0.05, 0) is 43.9 Å². The van der Waals surface area contributed by atoms with Gasteiger partial charge in [-0.2, -0.15) is 0 Å². The monoisotopic (exact) mass is 276 g/mol. The summed E-state index contributed by atoms with van der Waals surface area (Å²) >= 11 is 0. The van der Waals surface area contributed by atoms with Crippen LogP contribution in [0.15, 0.2) is 18.2 Å². The molecule has 1 aliphatic rings. The molecular weight excluding hydrogens is 252 g/mol. The van der Waals surface area contributed by atoms with Crippen molar-refractivity contribution in [1.29, 1.82) is 0 Å². The summed E-state index contributed by atoms with van der Waals surface area (Å²) in [5.74, 6) is 1.32. The van der Waals surface area contributed by atoms with Gasteiger partial charge in [-0.3, -0.25) is 4.79 Å². The fourth-order valence-corrected chi connectivity index (χ4v) is 2.62. The zero-order chi connectivity index (χ0) is 14.9. The molecular formula is C16H24N2O2. The topological polar surface area (TPSA) is 55.6 Å². The summed E-state index contributed by atoms with van der Waals surface area (Å²) in [6, 6.07) is 5.92. The van der Waals surface area contributed by atoms with Gasteiger partial charge in [0.1, 0.15) is 5.75 Å². The Balaban J connectivity index is 2.34. The SMILES string of the molecule is CCN1C(=O)C(C)Oc2ccc(C(N)CC(C)C)cc21. The first-order chi connectivity index (χ1) is 9.43. The Morgan fingerprint density at radius 1 is 1.40 bits per heavy atom. The first kappa shape index (κ1) is 14.9. The summed E-state index contributed by atoms with van der Waals surface area (Å²) < 4.78 is 5.66. The van der Waals surface area contributed by atoms with Crippen molar-refractivity contribution in [3.05, 3.63) is 23.8 Å². The lowest BCUT2D eigenvalue weighted by atomic mass is 9.97. The molecule has 0 bridgehead atoms. The lowest BCUT2D eigenvalue weighted by Crippen LogP contribution is -2.44. The quantitative estimate of drug-likeness (QED) is 0.920. The fraction of sp³-hybridized carbons (Fsp3) is 0.562. The highest BCUT2D eigenvalue weighted by atomic mass is 16.5. The Kier molecular flexibility index (Phi) is 4.33. The van der Waals surface area contributed by atoms with Gasteiger partial charge in [0.25, 0.3) is 5.91 Å². The number of benzene rings is 1. The molecule has 2 rings (SSSR count). The van der Waals surface area contributed by atoms with Crippen LogP contribution in [0, 0.1) is 5.92 Å². The smallest absolute Gasteiger partial charge is 0.267 e. The van der Waals surface area contributed by atoms with Gasteiger partial charge in [-0.1, -0.05) is 19.9 Å². The number of carbonyl (C=O) groups excluding carboxylic acids is 1. The Hall–Kier alpha value is -1.55. The van der Waals surface area contributed by atoms with E-state index in [9.17, 15) is 4.79 Å². The van der Waals surface area contributed by atoms with Crippen LogP contribution in [0.4, 0.5) is 5.69 Å². The number of ether oxygens (including phenoxy) is 1. The number of hydrogen-bond donors (Lipinski definition) is 1. The minimum Gasteiger partial charge on any atom is -0.479 e. The summed E-state index contributed by atoms with van der Waals surface area (Å²) in [5.41, 5.74) is 8.13. The van der Waals surface area contributed by atoms with Crippen LogP contribution in [-0.4, -0.2) is 18.6 Å². The molecule has 2 atom stereocenters. The second-order valence-corrected chi connectivity index (χ2v) is 5.81. The number of fused-ring (bicyclic) bond motifs is 1. The molecule has 2 N–H and O–H groups in total. The van der Waals surface area contributed by atoms with E-state index >= 15 is 0 Å². The highest BCUT2D eigenvalue weighted by molar-refractivity contribution is 5.99. The second-order valence-electron chi connectivity index (χ2n) is 5.81. The van der Waals surface area contributed by atoms with E-state index in [0.717, 1.165) is 23.4 Å². The lowest BCUT2D eigenvalue weighted by Gasteiger charge is -2.33. The van der Waals surface area contributed by atoms with E-state index in [0.29, 0.717) is 12.5 Å². The van der Waals surface area contributed by atoms with Gasteiger partial charge in [0, 0.05) is 12.6 Å². The summed E-state index contributed by atoms with van der Waals surface area (Å²) in [4.78, 5) is 13.9. The zero-order valence-corrected chi connectivity index (χ0v) is 12.7. The number of rotatable bonds is 4. The van der Waals surface area contributed by atoms with Crippen LogP contribution in [0.25, 0.3) is 0 Å². The van der Waals surface area contributed by atoms with Crippen LogP contribution in [0.3, 0.4) is 0 Å². The van der Waals surface area contributed by atoms with Crippen LogP contribution in [0.5, 0.6) is 5.75 Å². The van der Waals surface area contributed by atoms with E-state index < -0.39 is 6.10 Å². The fourth-order valence-electron chi connectivity index (χ4n) is 2.62. The molecule has 1 aliphatic heterocycles. The third-order valence-corrected chi connectivity index (χ3v) is 3.66. The first-order valence-electron chi connectivity index (χ1n) is 7.31. The molecule has 0 spiro atoms. The van der Waals surface area contributed by atoms with Crippen molar-refractivity contribution in [1.82, 2.24) is 0 Å². The van der Waals surface area contributed by atoms with Crippen LogP contribution >= 0.6 is 0 Å². The summed E-state index contributed by atoms with van der Waals surface area (Å²) in [6.45, 7) is 8.71. The largest absolute Gasteiger partial charge is 0.479 e. The van der Waals surface area contributed by atoms with Crippen molar-refractivity contribution < 1.29 is 9.53 Å². The molecule has 1 aromatic rings. The average Bonchev–Trinajstić information content (AvgIpc) is 2.39. The Bertz CT molecular complexity index is 499. The van der Waals surface area contributed by atoms with Crippen LogP contribution in [-0.2, 0) is 4.79 Å². The van der Waals surface area contributed by atoms with Crippen LogP contribution in [0.1, 0.15) is 45.7 Å². The van der Waals surface area contributed by atoms with E-state index in [1.807, 2.05) is 25.1 Å². The summed E-state index contributed by atoms with van der Waals surface area (Å²) in [7, 11) is 0. The lowest BCUT2D eigenvalue weighted by molar-refractivity contribution is -0.125. The molecule has 4 heteroatoms. The molecule has 0 radical (unpaired) electrons. The Labute approximate surface area is 120 Å². The maximum absolute atomic E-state index is 12.1. The molecule has 0 saturated carbocycles. The number of nitrogens with zero attached hydrogens (tertiary/aromatic N) is 1. The van der Waals surface area contributed by atoms with Gasteiger partial charge in [0.05, 0.1) is 5.69 Å². The van der Waals surface area contributed by atoms with Gasteiger partial charge in [-0.25, -0.2) is 0 Å². The number of anilines is 1. The highest BCUT2D eigenvalue weighted by Crippen LogP contribution is 2.36. The van der Waals surface area contributed by atoms with E-state index in [-0.39, 0.29) is 11.9 Å². The molecule has 1 amide bonds. The van der Waals surface area contributed by atoms with Gasteiger partial charge in [0.15, 0.2) is 6.10 Å². The van der Waals surface area contributed by atoms with Crippen molar-refractivity contribution >= 4 is 11.6 Å². The van der Waals surface area contributed by atoms with Gasteiger partial charge < -0.3 is 15.4 Å². The second kappa shape index (κ2) is 5.83. The number of hydrogen-bond acceptors (Lipinski definition) is 3. The third kappa shape index (κ3) is 2.80. The van der Waals surface area contributed by atoms with Gasteiger partial charge >= 0.3 is 0 Å². The summed E-state index contributed by atoms with van der Waals surface area (Å²) in [5, 5.41) is 0. The van der Waals surface area contributed by atoms with Gasteiger partial charge in [0.2, 0.25) is 0 Å². The molecule has 0 fully saturated rings.